The van der Waals surface area contributed by atoms with Crippen LogP contribution in [0, 0.1) is 0 Å². The maximum atomic E-state index is 8.74. The molecule has 0 amide bonds. The van der Waals surface area contributed by atoms with E-state index >= 15 is 0 Å². The molecule has 0 aromatic heterocycles. The highest BCUT2D eigenvalue weighted by molar-refractivity contribution is 9.10. The Morgan fingerprint density at radius 1 is 1.37 bits per heavy atom. The first-order valence-electron chi connectivity index (χ1n) is 6.68. The van der Waals surface area contributed by atoms with E-state index in [2.05, 4.69) is 26.9 Å². The average Bonchev–Trinajstić information content (AvgIpc) is 2.42. The van der Waals surface area contributed by atoms with E-state index in [0.29, 0.717) is 12.7 Å². The number of nitrogens with zero attached hydrogens (tertiary/aromatic N) is 1. The van der Waals surface area contributed by atoms with Crippen LogP contribution in [0.3, 0.4) is 0 Å². The zero-order chi connectivity index (χ0) is 13.7. The highest BCUT2D eigenvalue weighted by Gasteiger charge is 2.19. The van der Waals surface area contributed by atoms with Crippen LogP contribution in [0.1, 0.15) is 18.4 Å². The molecule has 1 heterocycles. The second-order valence-corrected chi connectivity index (χ2v) is 5.78. The molecule has 1 aliphatic rings. The number of hydrogen-bond donors (Lipinski definition) is 2. The van der Waals surface area contributed by atoms with Gasteiger partial charge in [-0.25, -0.2) is 0 Å². The number of halogens is 1. The summed E-state index contributed by atoms with van der Waals surface area (Å²) in [6.45, 7) is 3.56. The molecule has 2 rings (SSSR count). The summed E-state index contributed by atoms with van der Waals surface area (Å²) in [7, 11) is 0. The third kappa shape index (κ3) is 4.45. The molecule has 0 bridgehead atoms. The lowest BCUT2D eigenvalue weighted by molar-refractivity contribution is -0.00901. The van der Waals surface area contributed by atoms with E-state index in [-0.39, 0.29) is 6.61 Å². The van der Waals surface area contributed by atoms with Gasteiger partial charge < -0.3 is 15.6 Å². The van der Waals surface area contributed by atoms with Crippen LogP contribution in [0.5, 0.6) is 0 Å². The van der Waals surface area contributed by atoms with Gasteiger partial charge >= 0.3 is 0 Å². The number of nitrogens with two attached hydrogens (primary N) is 1. The molecular weight excluding hydrogens is 308 g/mol. The van der Waals surface area contributed by atoms with Crippen LogP contribution in [0.25, 0.3) is 0 Å². The van der Waals surface area contributed by atoms with E-state index in [1.54, 1.807) is 0 Å². The Bertz CT molecular complexity index is 406. The van der Waals surface area contributed by atoms with Crippen molar-refractivity contribution in [1.29, 1.82) is 0 Å². The minimum Gasteiger partial charge on any atom is -0.398 e. The molecular formula is C14H21BrN2O2. The number of likely N-dealkylation sites (tertiary alicyclic amines) is 1. The number of ether oxygens (including phenoxy) is 1. The molecule has 0 radical (unpaired) electrons. The molecule has 19 heavy (non-hydrogen) atoms. The Hall–Kier alpha value is -0.620. The third-order valence-electron chi connectivity index (χ3n) is 3.45. The van der Waals surface area contributed by atoms with Gasteiger partial charge in [0.1, 0.15) is 0 Å². The molecule has 4 nitrogen and oxygen atoms in total. The van der Waals surface area contributed by atoms with Crippen molar-refractivity contribution >= 4 is 21.6 Å². The normalized spacial score (nSPS) is 17.8. The summed E-state index contributed by atoms with van der Waals surface area (Å²) in [5.41, 5.74) is 7.93. The number of anilines is 1. The van der Waals surface area contributed by atoms with Gasteiger partial charge in [-0.3, -0.25) is 4.90 Å². The Morgan fingerprint density at radius 2 is 2.11 bits per heavy atom. The Morgan fingerprint density at radius 3 is 2.74 bits per heavy atom. The Labute approximate surface area is 122 Å². The second-order valence-electron chi connectivity index (χ2n) is 4.93. The average molecular weight is 329 g/mol. The molecule has 0 spiro atoms. The summed E-state index contributed by atoms with van der Waals surface area (Å²) in [5, 5.41) is 8.74. The van der Waals surface area contributed by atoms with Crippen LogP contribution in [-0.4, -0.2) is 42.4 Å². The fraction of sp³-hybridized carbons (Fsp3) is 0.571. The number of aliphatic hydroxyl groups excluding tert-OH is 1. The zero-order valence-electron chi connectivity index (χ0n) is 11.0. The number of rotatable bonds is 5. The first kappa shape index (κ1) is 14.8. The number of piperidine rings is 1. The number of hydrogen-bond acceptors (Lipinski definition) is 4. The van der Waals surface area contributed by atoms with Gasteiger partial charge in [-0.15, -0.1) is 0 Å². The molecule has 5 heteroatoms. The molecule has 0 atom stereocenters. The Balaban J connectivity index is 1.80. The minimum absolute atomic E-state index is 0.110. The molecule has 1 aromatic carbocycles. The van der Waals surface area contributed by atoms with Crippen LogP contribution < -0.4 is 5.73 Å². The summed E-state index contributed by atoms with van der Waals surface area (Å²) in [5.74, 6) is 0. The molecule has 106 valence electrons. The molecule has 1 fully saturated rings. The predicted molar refractivity (Wildman–Crippen MR) is 79.9 cm³/mol. The monoisotopic (exact) mass is 328 g/mol. The largest absolute Gasteiger partial charge is 0.398 e. The third-order valence-corrected chi connectivity index (χ3v) is 4.17. The van der Waals surface area contributed by atoms with Gasteiger partial charge in [0.05, 0.1) is 19.3 Å². The van der Waals surface area contributed by atoms with Crippen LogP contribution in [-0.2, 0) is 11.3 Å². The summed E-state index contributed by atoms with van der Waals surface area (Å²) in [6, 6.07) is 6.13. The van der Waals surface area contributed by atoms with Crippen molar-refractivity contribution in [2.45, 2.75) is 25.5 Å². The predicted octanol–water partition coefficient (Wildman–Crippen LogP) is 2.00. The standard InChI is InChI=1S/C14H21BrN2O2/c15-13-2-1-11(9-14(13)16)10-17-5-3-12(4-6-17)19-8-7-18/h1-2,9,12,18H,3-8,10,16H2. The zero-order valence-corrected chi connectivity index (χ0v) is 12.6. The van der Waals surface area contributed by atoms with Crippen molar-refractivity contribution in [3.63, 3.8) is 0 Å². The molecule has 3 N–H and O–H groups in total. The van der Waals surface area contributed by atoms with E-state index in [1.807, 2.05) is 12.1 Å². The summed E-state index contributed by atoms with van der Waals surface area (Å²) in [4.78, 5) is 2.42. The molecule has 0 saturated carbocycles. The van der Waals surface area contributed by atoms with Crippen molar-refractivity contribution in [2.75, 3.05) is 32.0 Å². The van der Waals surface area contributed by atoms with Crippen LogP contribution in [0.4, 0.5) is 5.69 Å². The highest BCUT2D eigenvalue weighted by Crippen LogP contribution is 2.22. The van der Waals surface area contributed by atoms with Gasteiger partial charge in [-0.2, -0.15) is 0 Å². The van der Waals surface area contributed by atoms with E-state index in [0.717, 1.165) is 42.6 Å². The maximum absolute atomic E-state index is 8.74. The quantitative estimate of drug-likeness (QED) is 0.812. The van der Waals surface area contributed by atoms with E-state index in [1.165, 1.54) is 5.56 Å². The lowest BCUT2D eigenvalue weighted by Gasteiger charge is -2.31. The van der Waals surface area contributed by atoms with E-state index in [9.17, 15) is 0 Å². The van der Waals surface area contributed by atoms with E-state index < -0.39 is 0 Å². The van der Waals surface area contributed by atoms with Gasteiger partial charge in [0.25, 0.3) is 0 Å². The molecule has 1 aliphatic heterocycles. The maximum Gasteiger partial charge on any atom is 0.0701 e. The topological polar surface area (TPSA) is 58.7 Å². The SMILES string of the molecule is Nc1cc(CN2CCC(OCCO)CC2)ccc1Br. The van der Waals surface area contributed by atoms with Crippen LogP contribution in [0.15, 0.2) is 22.7 Å². The van der Waals surface area contributed by atoms with Gasteiger partial charge in [-0.1, -0.05) is 6.07 Å². The van der Waals surface area contributed by atoms with Crippen molar-refractivity contribution in [1.82, 2.24) is 4.90 Å². The van der Waals surface area contributed by atoms with Crippen molar-refractivity contribution in [2.24, 2.45) is 0 Å². The summed E-state index contributed by atoms with van der Waals surface area (Å²) in [6.07, 6.45) is 2.37. The van der Waals surface area contributed by atoms with Crippen molar-refractivity contribution in [3.8, 4) is 0 Å². The first-order valence-corrected chi connectivity index (χ1v) is 7.47. The summed E-state index contributed by atoms with van der Waals surface area (Å²) < 4.78 is 6.51. The summed E-state index contributed by atoms with van der Waals surface area (Å²) >= 11 is 3.41. The smallest absolute Gasteiger partial charge is 0.0701 e. The number of aliphatic hydroxyl groups is 1. The Kier molecular flexibility index (Phi) is 5.63. The van der Waals surface area contributed by atoms with Crippen molar-refractivity contribution in [3.05, 3.63) is 28.2 Å². The fourth-order valence-corrected chi connectivity index (χ4v) is 2.65. The minimum atomic E-state index is 0.110. The number of benzene rings is 1. The van der Waals surface area contributed by atoms with Gasteiger partial charge in [0.15, 0.2) is 0 Å². The highest BCUT2D eigenvalue weighted by atomic mass is 79.9. The van der Waals surface area contributed by atoms with E-state index in [4.69, 9.17) is 15.6 Å². The van der Waals surface area contributed by atoms with Crippen molar-refractivity contribution < 1.29 is 9.84 Å². The number of nitrogen functional groups attached to an aromatic ring is 1. The first-order chi connectivity index (χ1) is 9.19. The lowest BCUT2D eigenvalue weighted by atomic mass is 10.1. The van der Waals surface area contributed by atoms with Gasteiger partial charge in [-0.05, 0) is 46.5 Å². The van der Waals surface area contributed by atoms with Gasteiger partial charge in [0, 0.05) is 29.8 Å². The second kappa shape index (κ2) is 7.24. The molecule has 0 aliphatic carbocycles. The fourth-order valence-electron chi connectivity index (χ4n) is 2.40. The molecule has 1 saturated heterocycles. The van der Waals surface area contributed by atoms with Gasteiger partial charge in [0.2, 0.25) is 0 Å². The van der Waals surface area contributed by atoms with Crippen LogP contribution >= 0.6 is 15.9 Å². The molecule has 1 aromatic rings. The lowest BCUT2D eigenvalue weighted by Crippen LogP contribution is -2.36. The molecule has 0 unspecified atom stereocenters. The van der Waals surface area contributed by atoms with Crippen LogP contribution in [0.2, 0.25) is 0 Å².